The Morgan fingerprint density at radius 2 is 2.18 bits per heavy atom. The number of rotatable bonds is 6. The number of hydrogen-bond acceptors (Lipinski definition) is 3. The van der Waals surface area contributed by atoms with Crippen molar-refractivity contribution in [1.82, 2.24) is 10.2 Å². The molecule has 122 valence electrons. The first-order chi connectivity index (χ1) is 10.6. The van der Waals surface area contributed by atoms with Gasteiger partial charge >= 0.3 is 6.03 Å². The molecule has 1 aromatic rings. The molecular weight excluding hydrogens is 280 g/mol. The van der Waals surface area contributed by atoms with Gasteiger partial charge in [0.25, 0.3) is 0 Å². The van der Waals surface area contributed by atoms with Crippen molar-refractivity contribution >= 4 is 6.03 Å². The summed E-state index contributed by atoms with van der Waals surface area (Å²) < 4.78 is 5.11. The van der Waals surface area contributed by atoms with E-state index in [9.17, 15) is 9.90 Å². The Kier molecular flexibility index (Phi) is 6.21. The monoisotopic (exact) mass is 306 g/mol. The maximum absolute atomic E-state index is 12.1. The zero-order chi connectivity index (χ0) is 15.9. The van der Waals surface area contributed by atoms with E-state index in [0.29, 0.717) is 19.7 Å². The molecule has 2 unspecified atom stereocenters. The van der Waals surface area contributed by atoms with E-state index in [0.717, 1.165) is 30.4 Å². The predicted octanol–water partition coefficient (Wildman–Crippen LogP) is 2.14. The fourth-order valence-corrected chi connectivity index (χ4v) is 2.97. The molecule has 1 aliphatic carbocycles. The van der Waals surface area contributed by atoms with Crippen LogP contribution in [0.4, 0.5) is 4.79 Å². The fourth-order valence-electron chi connectivity index (χ4n) is 2.97. The Hall–Kier alpha value is -1.59. The number of carbonyl (C=O) groups excluding carboxylic acids is 1. The van der Waals surface area contributed by atoms with Crippen molar-refractivity contribution in [3.8, 4) is 0 Å². The van der Waals surface area contributed by atoms with Gasteiger partial charge in [-0.25, -0.2) is 4.79 Å². The molecule has 22 heavy (non-hydrogen) atoms. The van der Waals surface area contributed by atoms with E-state index < -0.39 is 0 Å². The van der Waals surface area contributed by atoms with Crippen molar-refractivity contribution in [2.75, 3.05) is 20.7 Å². The fraction of sp³-hybridized carbons (Fsp3) is 0.588. The van der Waals surface area contributed by atoms with E-state index in [1.54, 1.807) is 19.1 Å². The molecule has 1 aliphatic rings. The van der Waals surface area contributed by atoms with Gasteiger partial charge in [0.2, 0.25) is 0 Å². The number of carbonyl (C=O) groups is 1. The lowest BCUT2D eigenvalue weighted by molar-refractivity contribution is 0.114. The van der Waals surface area contributed by atoms with Gasteiger partial charge in [-0.05, 0) is 24.0 Å². The molecule has 0 saturated heterocycles. The molecule has 0 spiro atoms. The van der Waals surface area contributed by atoms with Gasteiger partial charge in [0.05, 0.1) is 12.7 Å². The zero-order valence-corrected chi connectivity index (χ0v) is 13.4. The largest absolute Gasteiger partial charge is 0.393 e. The number of ether oxygens (including phenoxy) is 1. The smallest absolute Gasteiger partial charge is 0.317 e. The van der Waals surface area contributed by atoms with E-state index in [2.05, 4.69) is 5.32 Å². The predicted molar refractivity (Wildman–Crippen MR) is 85.4 cm³/mol. The highest BCUT2D eigenvalue weighted by atomic mass is 16.5. The number of nitrogens with one attached hydrogen (secondary N) is 1. The van der Waals surface area contributed by atoms with Crippen molar-refractivity contribution in [2.45, 2.75) is 38.5 Å². The van der Waals surface area contributed by atoms with Crippen molar-refractivity contribution in [3.05, 3.63) is 35.4 Å². The molecule has 5 nitrogen and oxygen atoms in total. The van der Waals surface area contributed by atoms with E-state index in [4.69, 9.17) is 4.74 Å². The summed E-state index contributed by atoms with van der Waals surface area (Å²) in [5, 5.41) is 12.8. The van der Waals surface area contributed by atoms with E-state index >= 15 is 0 Å². The third-order valence-electron chi connectivity index (χ3n) is 4.22. The van der Waals surface area contributed by atoms with E-state index in [1.807, 2.05) is 24.3 Å². The first-order valence-corrected chi connectivity index (χ1v) is 7.84. The molecule has 1 fully saturated rings. The number of methoxy groups -OCH3 is 1. The number of aliphatic hydroxyl groups is 1. The lowest BCUT2D eigenvalue weighted by Crippen LogP contribution is -2.40. The average molecular weight is 306 g/mol. The number of amides is 2. The highest BCUT2D eigenvalue weighted by molar-refractivity contribution is 5.73. The highest BCUT2D eigenvalue weighted by Crippen LogP contribution is 2.25. The Morgan fingerprint density at radius 1 is 1.41 bits per heavy atom. The number of nitrogens with zero attached hydrogens (tertiary/aromatic N) is 1. The SMILES string of the molecule is COCc1cccc(CNC(=O)N(C)CC2CCCC2O)c1. The Bertz CT molecular complexity index is 493. The van der Waals surface area contributed by atoms with Crippen LogP contribution in [0, 0.1) is 5.92 Å². The topological polar surface area (TPSA) is 61.8 Å². The second-order valence-corrected chi connectivity index (χ2v) is 6.05. The molecule has 5 heteroatoms. The summed E-state index contributed by atoms with van der Waals surface area (Å²) in [4.78, 5) is 13.8. The molecule has 0 bridgehead atoms. The molecule has 0 radical (unpaired) electrons. The number of benzene rings is 1. The summed E-state index contributed by atoms with van der Waals surface area (Å²) in [5.41, 5.74) is 2.15. The summed E-state index contributed by atoms with van der Waals surface area (Å²) in [7, 11) is 3.45. The van der Waals surface area contributed by atoms with Crippen LogP contribution >= 0.6 is 0 Å². The highest BCUT2D eigenvalue weighted by Gasteiger charge is 2.27. The molecule has 1 saturated carbocycles. The summed E-state index contributed by atoms with van der Waals surface area (Å²) in [6, 6.07) is 7.89. The minimum Gasteiger partial charge on any atom is -0.393 e. The van der Waals surface area contributed by atoms with Crippen molar-refractivity contribution < 1.29 is 14.6 Å². The zero-order valence-electron chi connectivity index (χ0n) is 13.4. The van der Waals surface area contributed by atoms with Crippen LogP contribution in [0.1, 0.15) is 30.4 Å². The minimum absolute atomic E-state index is 0.101. The Morgan fingerprint density at radius 3 is 2.86 bits per heavy atom. The lowest BCUT2D eigenvalue weighted by atomic mass is 10.1. The second kappa shape index (κ2) is 8.15. The van der Waals surface area contributed by atoms with Crippen LogP contribution in [-0.2, 0) is 17.9 Å². The van der Waals surface area contributed by atoms with E-state index in [-0.39, 0.29) is 18.1 Å². The van der Waals surface area contributed by atoms with Crippen LogP contribution in [0.3, 0.4) is 0 Å². The van der Waals surface area contributed by atoms with Gasteiger partial charge in [0.15, 0.2) is 0 Å². The summed E-state index contributed by atoms with van der Waals surface area (Å²) in [6.07, 6.45) is 2.64. The summed E-state index contributed by atoms with van der Waals surface area (Å²) in [5.74, 6) is 0.209. The summed E-state index contributed by atoms with van der Waals surface area (Å²) >= 11 is 0. The van der Waals surface area contributed by atoms with Gasteiger partial charge < -0.3 is 20.1 Å². The standard InChI is InChI=1S/C17H26N2O3/c1-19(11-15-7-4-8-16(15)20)17(21)18-10-13-5-3-6-14(9-13)12-22-2/h3,5-6,9,15-16,20H,4,7-8,10-12H2,1-2H3,(H,18,21). The van der Waals surface area contributed by atoms with Gasteiger partial charge in [-0.3, -0.25) is 0 Å². The van der Waals surface area contributed by atoms with Gasteiger partial charge in [-0.15, -0.1) is 0 Å². The van der Waals surface area contributed by atoms with Gasteiger partial charge in [-0.2, -0.15) is 0 Å². The minimum atomic E-state index is -0.263. The first-order valence-electron chi connectivity index (χ1n) is 7.84. The third-order valence-corrected chi connectivity index (χ3v) is 4.22. The number of aliphatic hydroxyl groups excluding tert-OH is 1. The molecule has 0 aliphatic heterocycles. The number of hydrogen-bond donors (Lipinski definition) is 2. The van der Waals surface area contributed by atoms with Crippen LogP contribution in [-0.4, -0.2) is 42.8 Å². The molecule has 2 rings (SSSR count). The van der Waals surface area contributed by atoms with Gasteiger partial charge in [0.1, 0.15) is 0 Å². The van der Waals surface area contributed by atoms with Crippen molar-refractivity contribution in [3.63, 3.8) is 0 Å². The maximum Gasteiger partial charge on any atom is 0.317 e. The Labute approximate surface area is 132 Å². The molecule has 0 aromatic heterocycles. The van der Waals surface area contributed by atoms with Crippen molar-refractivity contribution in [2.24, 2.45) is 5.92 Å². The molecule has 2 N–H and O–H groups in total. The van der Waals surface area contributed by atoms with Crippen LogP contribution in [0.25, 0.3) is 0 Å². The van der Waals surface area contributed by atoms with Crippen molar-refractivity contribution in [1.29, 1.82) is 0 Å². The first kappa shape index (κ1) is 16.8. The van der Waals surface area contributed by atoms with E-state index in [1.165, 1.54) is 0 Å². The maximum atomic E-state index is 12.1. The lowest BCUT2D eigenvalue weighted by Gasteiger charge is -2.23. The molecule has 0 heterocycles. The average Bonchev–Trinajstić information content (AvgIpc) is 2.91. The molecule has 1 aromatic carbocycles. The van der Waals surface area contributed by atoms with Crippen LogP contribution in [0.2, 0.25) is 0 Å². The molecule has 2 amide bonds. The number of urea groups is 1. The quantitative estimate of drug-likeness (QED) is 0.846. The van der Waals surface area contributed by atoms with Crippen LogP contribution in [0.5, 0.6) is 0 Å². The normalized spacial score (nSPS) is 20.9. The van der Waals surface area contributed by atoms with Gasteiger partial charge in [0, 0.05) is 33.2 Å². The summed E-state index contributed by atoms with van der Waals surface area (Å²) in [6.45, 7) is 1.67. The molecular formula is C17H26N2O3. The Balaban J connectivity index is 1.80. The molecule has 2 atom stereocenters. The van der Waals surface area contributed by atoms with Gasteiger partial charge in [-0.1, -0.05) is 30.7 Å². The van der Waals surface area contributed by atoms with Crippen LogP contribution < -0.4 is 5.32 Å². The van der Waals surface area contributed by atoms with Crippen LogP contribution in [0.15, 0.2) is 24.3 Å². The third kappa shape index (κ3) is 4.71. The second-order valence-electron chi connectivity index (χ2n) is 6.05.